The first-order valence-electron chi connectivity index (χ1n) is 6.77. The smallest absolute Gasteiger partial charge is 0.319 e. The summed E-state index contributed by atoms with van der Waals surface area (Å²) in [6, 6.07) is 13.1. The number of nitrogens with one attached hydrogen (secondary N) is 2. The minimum Gasteiger partial charge on any atom is -0.496 e. The number of rotatable bonds is 5. The molecule has 0 aromatic heterocycles. The van der Waals surface area contributed by atoms with Crippen LogP contribution in [0.1, 0.15) is 11.1 Å². The lowest BCUT2D eigenvalue weighted by Crippen LogP contribution is -2.31. The number of para-hydroxylation sites is 1. The molecule has 0 heterocycles. The molecule has 22 heavy (non-hydrogen) atoms. The van der Waals surface area contributed by atoms with Crippen LogP contribution in [0, 0.1) is 5.82 Å². The summed E-state index contributed by atoms with van der Waals surface area (Å²) < 4.78 is 18.0. The summed E-state index contributed by atoms with van der Waals surface area (Å²) in [4.78, 5) is 11.7. The molecule has 0 aliphatic rings. The quantitative estimate of drug-likeness (QED) is 0.890. The lowest BCUT2D eigenvalue weighted by molar-refractivity contribution is 0.243. The van der Waals surface area contributed by atoms with Crippen LogP contribution in [0.2, 0.25) is 0 Å². The summed E-state index contributed by atoms with van der Waals surface area (Å²) in [5.74, 6) is 0.435. The number of hydrogen-bond donors (Lipinski definition) is 2. The molecule has 0 radical (unpaired) electrons. The van der Waals surface area contributed by atoms with E-state index in [1.807, 2.05) is 24.3 Å². The number of urea groups is 1. The van der Waals surface area contributed by atoms with E-state index in [-0.39, 0.29) is 11.8 Å². The Labute approximate surface area is 128 Å². The van der Waals surface area contributed by atoms with Gasteiger partial charge in [-0.15, -0.1) is 0 Å². The van der Waals surface area contributed by atoms with Crippen molar-refractivity contribution in [2.75, 3.05) is 7.11 Å². The van der Waals surface area contributed by atoms with Crippen LogP contribution >= 0.6 is 0 Å². The Hall–Kier alpha value is -2.82. The monoisotopic (exact) mass is 300 g/mol. The number of halogens is 1. The molecule has 0 bridgehead atoms. The molecular weight excluding hydrogens is 283 g/mol. The maximum atomic E-state index is 12.7. The molecule has 4 nitrogen and oxygen atoms in total. The molecule has 114 valence electrons. The van der Waals surface area contributed by atoms with Crippen molar-refractivity contribution >= 4 is 12.1 Å². The van der Waals surface area contributed by atoms with Gasteiger partial charge in [0.15, 0.2) is 0 Å². The SMILES string of the molecule is COc1ccccc1CNC(=O)N/C=C/c1ccc(F)cc1. The molecule has 0 saturated heterocycles. The zero-order valence-electron chi connectivity index (χ0n) is 12.2. The van der Waals surface area contributed by atoms with Crippen molar-refractivity contribution in [2.45, 2.75) is 6.54 Å². The van der Waals surface area contributed by atoms with Gasteiger partial charge in [0.2, 0.25) is 0 Å². The molecule has 5 heteroatoms. The number of ether oxygens (including phenoxy) is 1. The van der Waals surface area contributed by atoms with Crippen LogP contribution in [0.5, 0.6) is 5.75 Å². The highest BCUT2D eigenvalue weighted by Gasteiger charge is 2.03. The molecule has 0 aliphatic carbocycles. The number of carbonyl (C=O) groups excluding carboxylic acids is 1. The van der Waals surface area contributed by atoms with Crippen LogP contribution in [0.25, 0.3) is 6.08 Å². The van der Waals surface area contributed by atoms with Crippen molar-refractivity contribution in [1.29, 1.82) is 0 Å². The van der Waals surface area contributed by atoms with E-state index in [1.165, 1.54) is 18.3 Å². The van der Waals surface area contributed by atoms with E-state index in [0.29, 0.717) is 6.54 Å². The van der Waals surface area contributed by atoms with Crippen LogP contribution in [0.15, 0.2) is 54.7 Å². The third-order valence-corrected chi connectivity index (χ3v) is 2.99. The first kappa shape index (κ1) is 15.6. The molecule has 2 aromatic carbocycles. The van der Waals surface area contributed by atoms with Crippen LogP contribution in [-0.2, 0) is 6.54 Å². The van der Waals surface area contributed by atoms with Crippen molar-refractivity contribution in [1.82, 2.24) is 10.6 Å². The van der Waals surface area contributed by atoms with E-state index in [9.17, 15) is 9.18 Å². The van der Waals surface area contributed by atoms with Gasteiger partial charge in [0, 0.05) is 18.3 Å². The average molecular weight is 300 g/mol. The number of methoxy groups -OCH3 is 1. The van der Waals surface area contributed by atoms with Gasteiger partial charge >= 0.3 is 6.03 Å². The van der Waals surface area contributed by atoms with Gasteiger partial charge in [0.05, 0.1) is 7.11 Å². The fraction of sp³-hybridized carbons (Fsp3) is 0.118. The minimum atomic E-state index is -0.329. The predicted octanol–water partition coefficient (Wildman–Crippen LogP) is 3.30. The maximum Gasteiger partial charge on any atom is 0.319 e. The fourth-order valence-electron chi connectivity index (χ4n) is 1.86. The van der Waals surface area contributed by atoms with Crippen molar-refractivity contribution in [2.24, 2.45) is 0 Å². The maximum absolute atomic E-state index is 12.7. The molecule has 2 rings (SSSR count). The van der Waals surface area contributed by atoms with Crippen LogP contribution < -0.4 is 15.4 Å². The molecule has 2 amide bonds. The minimum absolute atomic E-state index is 0.292. The molecular formula is C17H17FN2O2. The Morgan fingerprint density at radius 3 is 2.64 bits per heavy atom. The van der Waals surface area contributed by atoms with Gasteiger partial charge in [-0.2, -0.15) is 0 Å². The van der Waals surface area contributed by atoms with Gasteiger partial charge < -0.3 is 15.4 Å². The van der Waals surface area contributed by atoms with Gasteiger partial charge in [-0.25, -0.2) is 9.18 Å². The first-order valence-corrected chi connectivity index (χ1v) is 6.77. The summed E-state index contributed by atoms with van der Waals surface area (Å²) >= 11 is 0. The summed E-state index contributed by atoms with van der Waals surface area (Å²) in [7, 11) is 1.59. The molecule has 2 N–H and O–H groups in total. The van der Waals surface area contributed by atoms with Crippen molar-refractivity contribution in [3.05, 3.63) is 71.7 Å². The van der Waals surface area contributed by atoms with Crippen LogP contribution in [0.3, 0.4) is 0 Å². The largest absolute Gasteiger partial charge is 0.496 e. The Bertz CT molecular complexity index is 654. The molecule has 0 spiro atoms. The Morgan fingerprint density at radius 2 is 1.91 bits per heavy atom. The Balaban J connectivity index is 1.82. The predicted molar refractivity (Wildman–Crippen MR) is 83.8 cm³/mol. The van der Waals surface area contributed by atoms with Gasteiger partial charge in [0.25, 0.3) is 0 Å². The third-order valence-electron chi connectivity index (χ3n) is 2.99. The number of amides is 2. The summed E-state index contributed by atoms with van der Waals surface area (Å²) in [5.41, 5.74) is 1.69. The second-order valence-electron chi connectivity index (χ2n) is 4.52. The Kier molecular flexibility index (Phi) is 5.54. The summed E-state index contributed by atoms with van der Waals surface area (Å²) in [6.07, 6.45) is 3.19. The molecule has 0 fully saturated rings. The second-order valence-corrected chi connectivity index (χ2v) is 4.52. The van der Waals surface area contributed by atoms with Crippen LogP contribution in [-0.4, -0.2) is 13.1 Å². The van der Waals surface area contributed by atoms with E-state index in [4.69, 9.17) is 4.74 Å². The first-order chi connectivity index (χ1) is 10.7. The van der Waals surface area contributed by atoms with E-state index in [0.717, 1.165) is 16.9 Å². The molecule has 0 atom stereocenters. The molecule has 0 unspecified atom stereocenters. The van der Waals surface area contributed by atoms with E-state index < -0.39 is 0 Å². The highest BCUT2D eigenvalue weighted by atomic mass is 19.1. The number of hydrogen-bond acceptors (Lipinski definition) is 2. The van der Waals surface area contributed by atoms with Crippen molar-refractivity contribution in [3.8, 4) is 5.75 Å². The zero-order valence-corrected chi connectivity index (χ0v) is 12.2. The molecule has 0 aliphatic heterocycles. The van der Waals surface area contributed by atoms with Gasteiger partial charge in [-0.1, -0.05) is 30.3 Å². The lowest BCUT2D eigenvalue weighted by Gasteiger charge is -2.09. The second kappa shape index (κ2) is 7.83. The third kappa shape index (κ3) is 4.63. The van der Waals surface area contributed by atoms with E-state index >= 15 is 0 Å². The van der Waals surface area contributed by atoms with Gasteiger partial charge in [-0.3, -0.25) is 0 Å². The standard InChI is InChI=1S/C17H17FN2O2/c1-22-16-5-3-2-4-14(16)12-20-17(21)19-11-10-13-6-8-15(18)9-7-13/h2-11H,12H2,1H3,(H2,19,20,21)/b11-10+. The fourth-order valence-corrected chi connectivity index (χ4v) is 1.86. The molecule has 0 saturated carbocycles. The van der Waals surface area contributed by atoms with Gasteiger partial charge in [0.1, 0.15) is 11.6 Å². The average Bonchev–Trinajstić information content (AvgIpc) is 2.55. The highest BCUT2D eigenvalue weighted by molar-refractivity contribution is 5.76. The summed E-state index contributed by atoms with van der Waals surface area (Å²) in [5, 5.41) is 5.32. The Morgan fingerprint density at radius 1 is 1.18 bits per heavy atom. The lowest BCUT2D eigenvalue weighted by atomic mass is 10.2. The normalized spacial score (nSPS) is 10.5. The summed E-state index contributed by atoms with van der Waals surface area (Å²) in [6.45, 7) is 0.361. The van der Waals surface area contributed by atoms with Crippen molar-refractivity contribution < 1.29 is 13.9 Å². The zero-order chi connectivity index (χ0) is 15.8. The van der Waals surface area contributed by atoms with E-state index in [1.54, 1.807) is 25.3 Å². The van der Waals surface area contributed by atoms with Crippen LogP contribution in [0.4, 0.5) is 9.18 Å². The van der Waals surface area contributed by atoms with Gasteiger partial charge in [-0.05, 0) is 29.8 Å². The number of benzene rings is 2. The van der Waals surface area contributed by atoms with Crippen molar-refractivity contribution in [3.63, 3.8) is 0 Å². The highest BCUT2D eigenvalue weighted by Crippen LogP contribution is 2.16. The molecule has 2 aromatic rings. The van der Waals surface area contributed by atoms with E-state index in [2.05, 4.69) is 10.6 Å². The number of carbonyl (C=O) groups is 1. The topological polar surface area (TPSA) is 50.4 Å².